The van der Waals surface area contributed by atoms with Crippen LogP contribution >= 0.6 is 0 Å². The number of carbonyl (C=O) groups is 2. The number of amides is 1. The fourth-order valence-corrected chi connectivity index (χ4v) is 2.00. The molecule has 1 saturated carbocycles. The Morgan fingerprint density at radius 2 is 2.06 bits per heavy atom. The normalized spacial score (nSPS) is 19.8. The van der Waals surface area contributed by atoms with Gasteiger partial charge in [-0.3, -0.25) is 9.59 Å². The molecule has 84 valence electrons. The highest BCUT2D eigenvalue weighted by Gasteiger charge is 2.30. The largest absolute Gasteiger partial charge is 0.351 e. The first-order chi connectivity index (χ1) is 7.77. The SMILES string of the molecule is O=C1CCCC1C(=O)NCc1ccccc1. The van der Waals surface area contributed by atoms with Gasteiger partial charge in [-0.1, -0.05) is 30.3 Å². The van der Waals surface area contributed by atoms with Gasteiger partial charge in [-0.05, 0) is 18.4 Å². The van der Waals surface area contributed by atoms with Crippen molar-refractivity contribution in [2.75, 3.05) is 0 Å². The Bertz CT molecular complexity index is 386. The van der Waals surface area contributed by atoms with Crippen molar-refractivity contribution in [1.82, 2.24) is 5.32 Å². The van der Waals surface area contributed by atoms with Crippen molar-refractivity contribution < 1.29 is 9.59 Å². The van der Waals surface area contributed by atoms with E-state index < -0.39 is 5.92 Å². The summed E-state index contributed by atoms with van der Waals surface area (Å²) < 4.78 is 0. The van der Waals surface area contributed by atoms with Gasteiger partial charge in [0.1, 0.15) is 5.78 Å². The van der Waals surface area contributed by atoms with Crippen molar-refractivity contribution in [2.24, 2.45) is 5.92 Å². The van der Waals surface area contributed by atoms with E-state index in [1.165, 1.54) is 0 Å². The van der Waals surface area contributed by atoms with Gasteiger partial charge in [0.05, 0.1) is 5.92 Å². The van der Waals surface area contributed by atoms with Crippen LogP contribution in [0.25, 0.3) is 0 Å². The van der Waals surface area contributed by atoms with Gasteiger partial charge >= 0.3 is 0 Å². The molecule has 16 heavy (non-hydrogen) atoms. The minimum absolute atomic E-state index is 0.0885. The quantitative estimate of drug-likeness (QED) is 0.783. The minimum atomic E-state index is -0.399. The molecule has 0 aromatic heterocycles. The van der Waals surface area contributed by atoms with E-state index >= 15 is 0 Å². The number of carbonyl (C=O) groups excluding carboxylic acids is 2. The zero-order chi connectivity index (χ0) is 11.4. The minimum Gasteiger partial charge on any atom is -0.351 e. The lowest BCUT2D eigenvalue weighted by Crippen LogP contribution is -2.32. The first-order valence-electron chi connectivity index (χ1n) is 5.62. The Labute approximate surface area is 94.9 Å². The second kappa shape index (κ2) is 4.92. The zero-order valence-electron chi connectivity index (χ0n) is 9.11. The second-order valence-corrected chi connectivity index (χ2v) is 4.11. The Morgan fingerprint density at radius 3 is 2.69 bits per heavy atom. The number of rotatable bonds is 3. The van der Waals surface area contributed by atoms with Gasteiger partial charge in [0, 0.05) is 13.0 Å². The third kappa shape index (κ3) is 2.48. The smallest absolute Gasteiger partial charge is 0.230 e. The summed E-state index contributed by atoms with van der Waals surface area (Å²) in [4.78, 5) is 23.1. The molecule has 3 nitrogen and oxygen atoms in total. The van der Waals surface area contributed by atoms with Crippen LogP contribution in [-0.2, 0) is 16.1 Å². The van der Waals surface area contributed by atoms with Crippen LogP contribution in [0.15, 0.2) is 30.3 Å². The van der Waals surface area contributed by atoms with Gasteiger partial charge in [0.15, 0.2) is 0 Å². The predicted molar refractivity (Wildman–Crippen MR) is 60.6 cm³/mol. The molecule has 1 aromatic rings. The Kier molecular flexibility index (Phi) is 3.34. The van der Waals surface area contributed by atoms with E-state index in [4.69, 9.17) is 0 Å². The van der Waals surface area contributed by atoms with Crippen LogP contribution in [0.1, 0.15) is 24.8 Å². The summed E-state index contributed by atoms with van der Waals surface area (Å²) in [6.07, 6.45) is 2.12. The van der Waals surface area contributed by atoms with Crippen LogP contribution in [0.5, 0.6) is 0 Å². The Morgan fingerprint density at radius 1 is 1.31 bits per heavy atom. The highest BCUT2D eigenvalue weighted by Crippen LogP contribution is 2.21. The average molecular weight is 217 g/mol. The summed E-state index contributed by atoms with van der Waals surface area (Å²) in [5, 5.41) is 2.81. The maximum absolute atomic E-state index is 11.7. The maximum atomic E-state index is 11.7. The van der Waals surface area contributed by atoms with Crippen molar-refractivity contribution in [2.45, 2.75) is 25.8 Å². The van der Waals surface area contributed by atoms with E-state index in [1.54, 1.807) is 0 Å². The van der Waals surface area contributed by atoms with E-state index in [0.29, 0.717) is 19.4 Å². The van der Waals surface area contributed by atoms with Crippen LogP contribution in [0.4, 0.5) is 0 Å². The van der Waals surface area contributed by atoms with Crippen LogP contribution in [0.2, 0.25) is 0 Å². The Balaban J connectivity index is 1.86. The van der Waals surface area contributed by atoms with Gasteiger partial charge in [0.25, 0.3) is 0 Å². The van der Waals surface area contributed by atoms with Crippen molar-refractivity contribution in [1.29, 1.82) is 0 Å². The molecule has 0 spiro atoms. The van der Waals surface area contributed by atoms with Gasteiger partial charge in [-0.15, -0.1) is 0 Å². The molecule has 1 aliphatic rings. The van der Waals surface area contributed by atoms with E-state index in [2.05, 4.69) is 5.32 Å². The lowest BCUT2D eigenvalue weighted by Gasteiger charge is -2.09. The first-order valence-corrected chi connectivity index (χ1v) is 5.62. The molecule has 3 heteroatoms. The molecule has 1 unspecified atom stereocenters. The van der Waals surface area contributed by atoms with Gasteiger partial charge < -0.3 is 5.32 Å². The van der Waals surface area contributed by atoms with Crippen molar-refractivity contribution in [3.63, 3.8) is 0 Å². The molecule has 0 saturated heterocycles. The topological polar surface area (TPSA) is 46.2 Å². The lowest BCUT2D eigenvalue weighted by atomic mass is 10.1. The molecule has 0 radical (unpaired) electrons. The van der Waals surface area contributed by atoms with Crippen molar-refractivity contribution in [3.8, 4) is 0 Å². The summed E-state index contributed by atoms with van der Waals surface area (Å²) in [5.41, 5.74) is 1.06. The summed E-state index contributed by atoms with van der Waals surface area (Å²) in [6.45, 7) is 0.503. The van der Waals surface area contributed by atoms with Crippen LogP contribution in [0.3, 0.4) is 0 Å². The van der Waals surface area contributed by atoms with Crippen molar-refractivity contribution >= 4 is 11.7 Å². The van der Waals surface area contributed by atoms with Gasteiger partial charge in [-0.25, -0.2) is 0 Å². The monoisotopic (exact) mass is 217 g/mol. The lowest BCUT2D eigenvalue weighted by molar-refractivity contribution is -0.132. The number of nitrogens with one attached hydrogen (secondary N) is 1. The van der Waals surface area contributed by atoms with Gasteiger partial charge in [0.2, 0.25) is 5.91 Å². The molecule has 0 heterocycles. The fourth-order valence-electron chi connectivity index (χ4n) is 2.00. The molecular formula is C13H15NO2. The molecule has 0 aliphatic heterocycles. The third-order valence-electron chi connectivity index (χ3n) is 2.93. The molecule has 0 bridgehead atoms. The summed E-state index contributed by atoms with van der Waals surface area (Å²) in [7, 11) is 0. The molecule has 1 atom stereocenters. The molecule has 1 N–H and O–H groups in total. The highest BCUT2D eigenvalue weighted by atomic mass is 16.2. The molecular weight excluding hydrogens is 202 g/mol. The zero-order valence-corrected chi connectivity index (χ0v) is 9.11. The highest BCUT2D eigenvalue weighted by molar-refractivity contribution is 6.02. The van der Waals surface area contributed by atoms with Crippen LogP contribution < -0.4 is 5.32 Å². The van der Waals surface area contributed by atoms with Crippen LogP contribution in [-0.4, -0.2) is 11.7 Å². The second-order valence-electron chi connectivity index (χ2n) is 4.11. The number of Topliss-reactive ketones (excluding diaryl/α,β-unsaturated/α-hetero) is 1. The maximum Gasteiger partial charge on any atom is 0.230 e. The predicted octanol–water partition coefficient (Wildman–Crippen LogP) is 1.67. The van der Waals surface area contributed by atoms with Crippen molar-refractivity contribution in [3.05, 3.63) is 35.9 Å². The fraction of sp³-hybridized carbons (Fsp3) is 0.385. The first kappa shape index (κ1) is 10.9. The van der Waals surface area contributed by atoms with Gasteiger partial charge in [-0.2, -0.15) is 0 Å². The number of ketones is 1. The standard InChI is InChI=1S/C13H15NO2/c15-12-8-4-7-11(12)13(16)14-9-10-5-2-1-3-6-10/h1-3,5-6,11H,4,7-9H2,(H,14,16). The Hall–Kier alpha value is -1.64. The molecule has 1 fully saturated rings. The number of benzene rings is 1. The van der Waals surface area contributed by atoms with E-state index in [1.807, 2.05) is 30.3 Å². The van der Waals surface area contributed by atoms with E-state index in [-0.39, 0.29) is 11.7 Å². The molecule has 1 amide bonds. The number of hydrogen-bond donors (Lipinski definition) is 1. The molecule has 1 aliphatic carbocycles. The molecule has 1 aromatic carbocycles. The van der Waals surface area contributed by atoms with Crippen LogP contribution in [0, 0.1) is 5.92 Å². The summed E-state index contributed by atoms with van der Waals surface area (Å²) >= 11 is 0. The number of hydrogen-bond acceptors (Lipinski definition) is 2. The summed E-state index contributed by atoms with van der Waals surface area (Å²) in [5.74, 6) is -0.430. The van der Waals surface area contributed by atoms with E-state index in [9.17, 15) is 9.59 Å². The average Bonchev–Trinajstić information content (AvgIpc) is 2.74. The van der Waals surface area contributed by atoms with E-state index in [0.717, 1.165) is 12.0 Å². The third-order valence-corrected chi connectivity index (χ3v) is 2.93. The summed E-state index contributed by atoms with van der Waals surface area (Å²) in [6, 6.07) is 9.71. The molecule has 2 rings (SSSR count).